The molecule has 0 saturated heterocycles. The average Bonchev–Trinajstić information content (AvgIpc) is 3.33. The maximum atomic E-state index is 12.9. The van der Waals surface area contributed by atoms with E-state index < -0.39 is 17.9 Å². The Bertz CT molecular complexity index is 1140. The monoisotopic (exact) mass is 422 g/mol. The molecule has 152 valence electrons. The first-order valence-electron chi connectivity index (χ1n) is 9.27. The number of aryl methyl sites for hydroxylation is 1. The van der Waals surface area contributed by atoms with Crippen molar-refractivity contribution in [1.29, 1.82) is 0 Å². The number of aromatic nitrogens is 2. The molecule has 2 amide bonds. The number of hydrogen-bond acceptors (Lipinski definition) is 5. The second-order valence-corrected chi connectivity index (χ2v) is 7.30. The van der Waals surface area contributed by atoms with Crippen LogP contribution >= 0.6 is 11.6 Å². The molecule has 0 aliphatic carbocycles. The largest absolute Gasteiger partial charge is 0.368 e. The number of anilines is 2. The number of nitrogens with two attached hydrogens (primary N) is 1. The van der Waals surface area contributed by atoms with Crippen LogP contribution in [-0.2, 0) is 9.59 Å². The van der Waals surface area contributed by atoms with E-state index in [9.17, 15) is 9.59 Å². The van der Waals surface area contributed by atoms with Crippen LogP contribution in [0.1, 0.15) is 12.1 Å². The molecular weight excluding hydrogens is 404 g/mol. The lowest BCUT2D eigenvalue weighted by atomic mass is 10.1. The fourth-order valence-corrected chi connectivity index (χ4v) is 3.45. The van der Waals surface area contributed by atoms with Crippen molar-refractivity contribution in [2.45, 2.75) is 19.4 Å². The number of nitrogens with one attached hydrogen (secondary N) is 1. The molecular formula is C21H19ClN6O2. The van der Waals surface area contributed by atoms with E-state index in [0.29, 0.717) is 22.2 Å². The van der Waals surface area contributed by atoms with E-state index in [4.69, 9.17) is 17.3 Å². The highest BCUT2D eigenvalue weighted by Gasteiger charge is 2.35. The van der Waals surface area contributed by atoms with Crippen molar-refractivity contribution in [2.24, 2.45) is 10.8 Å². The zero-order valence-corrected chi connectivity index (χ0v) is 16.9. The van der Waals surface area contributed by atoms with Gasteiger partial charge in [-0.3, -0.25) is 14.6 Å². The standard InChI is InChI=1S/C21H19ClN6O2/c1-13-10-19(28(25-13)16-9-5-6-14(22)11-16)24-21(30)17-12-18(20(23)29)27(26-17)15-7-3-2-4-8-15/h2-11,18H,12H2,1H3,(H2,23,29)(H,24,30). The normalized spacial score (nSPS) is 15.7. The first-order chi connectivity index (χ1) is 14.4. The van der Waals surface area contributed by atoms with E-state index in [0.717, 1.165) is 5.69 Å². The van der Waals surface area contributed by atoms with Crippen molar-refractivity contribution in [3.8, 4) is 5.69 Å². The van der Waals surface area contributed by atoms with Crippen molar-refractivity contribution in [1.82, 2.24) is 9.78 Å². The van der Waals surface area contributed by atoms with E-state index in [2.05, 4.69) is 15.5 Å². The van der Waals surface area contributed by atoms with Gasteiger partial charge in [0.1, 0.15) is 17.6 Å². The Labute approximate surface area is 177 Å². The summed E-state index contributed by atoms with van der Waals surface area (Å²) in [5, 5.41) is 13.7. The number of primary amides is 1. The zero-order valence-electron chi connectivity index (χ0n) is 16.1. The average molecular weight is 423 g/mol. The van der Waals surface area contributed by atoms with E-state index in [1.807, 2.05) is 31.2 Å². The van der Waals surface area contributed by atoms with Crippen molar-refractivity contribution in [2.75, 3.05) is 10.3 Å². The van der Waals surface area contributed by atoms with Crippen molar-refractivity contribution in [3.05, 3.63) is 71.4 Å². The lowest BCUT2D eigenvalue weighted by Crippen LogP contribution is -2.39. The van der Waals surface area contributed by atoms with Crippen LogP contribution in [0, 0.1) is 6.92 Å². The number of para-hydroxylation sites is 1. The minimum Gasteiger partial charge on any atom is -0.368 e. The van der Waals surface area contributed by atoms with Gasteiger partial charge in [0.25, 0.3) is 5.91 Å². The van der Waals surface area contributed by atoms with Crippen LogP contribution in [0.2, 0.25) is 5.02 Å². The summed E-state index contributed by atoms with van der Waals surface area (Å²) in [4.78, 5) is 24.9. The summed E-state index contributed by atoms with van der Waals surface area (Å²) in [6, 6.07) is 17.3. The summed E-state index contributed by atoms with van der Waals surface area (Å²) in [7, 11) is 0. The molecule has 1 aromatic heterocycles. The van der Waals surface area contributed by atoms with Gasteiger partial charge in [0.15, 0.2) is 0 Å². The van der Waals surface area contributed by atoms with Gasteiger partial charge in [-0.2, -0.15) is 10.2 Å². The van der Waals surface area contributed by atoms with Crippen LogP contribution < -0.4 is 16.1 Å². The van der Waals surface area contributed by atoms with E-state index in [1.54, 1.807) is 41.1 Å². The minimum absolute atomic E-state index is 0.111. The molecule has 3 aromatic rings. The van der Waals surface area contributed by atoms with E-state index in [1.165, 1.54) is 5.01 Å². The molecule has 9 heteroatoms. The number of benzene rings is 2. The fourth-order valence-electron chi connectivity index (χ4n) is 3.27. The number of carbonyl (C=O) groups excluding carboxylic acids is 2. The lowest BCUT2D eigenvalue weighted by Gasteiger charge is -2.20. The number of hydrogen-bond donors (Lipinski definition) is 2. The van der Waals surface area contributed by atoms with Gasteiger partial charge in [0.05, 0.1) is 17.1 Å². The molecule has 2 heterocycles. The Morgan fingerprint density at radius 2 is 1.83 bits per heavy atom. The number of nitrogens with zero attached hydrogens (tertiary/aromatic N) is 4. The van der Waals surface area contributed by atoms with Gasteiger partial charge in [0.2, 0.25) is 5.91 Å². The molecule has 1 atom stereocenters. The predicted octanol–water partition coefficient (Wildman–Crippen LogP) is 2.89. The van der Waals surface area contributed by atoms with Gasteiger partial charge in [0, 0.05) is 17.5 Å². The van der Waals surface area contributed by atoms with Gasteiger partial charge < -0.3 is 11.1 Å². The number of halogens is 1. The fraction of sp³-hybridized carbons (Fsp3) is 0.143. The summed E-state index contributed by atoms with van der Waals surface area (Å²) in [5.74, 6) is -0.510. The number of hydrazone groups is 1. The van der Waals surface area contributed by atoms with E-state index >= 15 is 0 Å². The first kappa shape index (κ1) is 19.7. The Kier molecular flexibility index (Phi) is 5.24. The lowest BCUT2D eigenvalue weighted by molar-refractivity contribution is -0.119. The molecule has 3 N–H and O–H groups in total. The number of rotatable bonds is 5. The summed E-state index contributed by atoms with van der Waals surface area (Å²) >= 11 is 6.09. The zero-order chi connectivity index (χ0) is 21.3. The Morgan fingerprint density at radius 3 is 2.53 bits per heavy atom. The maximum absolute atomic E-state index is 12.9. The van der Waals surface area contributed by atoms with Gasteiger partial charge >= 0.3 is 0 Å². The van der Waals surface area contributed by atoms with E-state index in [-0.39, 0.29) is 12.1 Å². The Balaban J connectivity index is 1.61. The predicted molar refractivity (Wildman–Crippen MR) is 116 cm³/mol. The van der Waals surface area contributed by atoms with Crippen LogP contribution in [0.25, 0.3) is 5.69 Å². The Hall–Kier alpha value is -3.65. The van der Waals surface area contributed by atoms with Crippen molar-refractivity contribution >= 4 is 40.6 Å². The van der Waals surface area contributed by atoms with Gasteiger partial charge in [-0.1, -0.05) is 35.9 Å². The first-order valence-corrected chi connectivity index (χ1v) is 9.65. The quantitative estimate of drug-likeness (QED) is 0.659. The second kappa shape index (κ2) is 8.00. The van der Waals surface area contributed by atoms with Gasteiger partial charge in [-0.25, -0.2) is 4.68 Å². The van der Waals surface area contributed by atoms with Crippen molar-refractivity contribution in [3.63, 3.8) is 0 Å². The molecule has 0 fully saturated rings. The number of carbonyl (C=O) groups is 2. The topological polar surface area (TPSA) is 106 Å². The summed E-state index contributed by atoms with van der Waals surface area (Å²) in [5.41, 5.74) is 7.87. The van der Waals surface area contributed by atoms with Crippen LogP contribution in [0.5, 0.6) is 0 Å². The molecule has 0 spiro atoms. The second-order valence-electron chi connectivity index (χ2n) is 6.87. The Morgan fingerprint density at radius 1 is 1.10 bits per heavy atom. The SMILES string of the molecule is Cc1cc(NC(=O)C2=NN(c3ccccc3)C(C(N)=O)C2)n(-c2cccc(Cl)c2)n1. The van der Waals surface area contributed by atoms with Crippen LogP contribution in [0.3, 0.4) is 0 Å². The van der Waals surface area contributed by atoms with Crippen LogP contribution in [0.4, 0.5) is 11.5 Å². The molecule has 4 rings (SSSR count). The van der Waals surface area contributed by atoms with Crippen LogP contribution in [-0.4, -0.2) is 33.3 Å². The molecule has 0 bridgehead atoms. The molecule has 2 aromatic carbocycles. The molecule has 8 nitrogen and oxygen atoms in total. The van der Waals surface area contributed by atoms with Crippen molar-refractivity contribution < 1.29 is 9.59 Å². The minimum atomic E-state index is -0.729. The molecule has 0 saturated carbocycles. The maximum Gasteiger partial charge on any atom is 0.273 e. The third-order valence-electron chi connectivity index (χ3n) is 4.65. The third-order valence-corrected chi connectivity index (χ3v) is 4.88. The summed E-state index contributed by atoms with van der Waals surface area (Å²) < 4.78 is 1.59. The molecule has 1 aliphatic heterocycles. The smallest absolute Gasteiger partial charge is 0.273 e. The highest BCUT2D eigenvalue weighted by molar-refractivity contribution is 6.44. The molecule has 0 radical (unpaired) electrons. The highest BCUT2D eigenvalue weighted by atomic mass is 35.5. The summed E-state index contributed by atoms with van der Waals surface area (Å²) in [6.07, 6.45) is 0.111. The third kappa shape index (κ3) is 3.90. The molecule has 30 heavy (non-hydrogen) atoms. The molecule has 1 aliphatic rings. The summed E-state index contributed by atoms with van der Waals surface area (Å²) in [6.45, 7) is 1.82. The highest BCUT2D eigenvalue weighted by Crippen LogP contribution is 2.25. The van der Waals surface area contributed by atoms with Crippen LogP contribution in [0.15, 0.2) is 65.8 Å². The van der Waals surface area contributed by atoms with Gasteiger partial charge in [-0.15, -0.1) is 0 Å². The van der Waals surface area contributed by atoms with Gasteiger partial charge in [-0.05, 0) is 37.3 Å². The molecule has 1 unspecified atom stereocenters. The number of amides is 2.